The molecule has 0 aliphatic carbocycles. The normalized spacial score (nSPS) is 10.4. The van der Waals surface area contributed by atoms with Crippen molar-refractivity contribution in [3.05, 3.63) is 66.4 Å². The second-order valence-corrected chi connectivity index (χ2v) is 6.18. The highest BCUT2D eigenvalue weighted by atomic mass is 16.3. The number of benzene rings is 2. The van der Waals surface area contributed by atoms with Gasteiger partial charge in [-0.1, -0.05) is 18.2 Å². The number of nitrogens with zero attached hydrogens (tertiary/aromatic N) is 3. The minimum atomic E-state index is 0.284. The number of rotatable bonds is 7. The van der Waals surface area contributed by atoms with Crippen molar-refractivity contribution in [2.45, 2.75) is 6.42 Å². The van der Waals surface area contributed by atoms with E-state index in [0.29, 0.717) is 5.95 Å². The number of anilines is 4. The Morgan fingerprint density at radius 1 is 1.04 bits per heavy atom. The zero-order chi connectivity index (χ0) is 18.4. The average molecular weight is 349 g/mol. The summed E-state index contributed by atoms with van der Waals surface area (Å²) in [5.41, 5.74) is 3.21. The van der Waals surface area contributed by atoms with Crippen LogP contribution in [0.2, 0.25) is 0 Å². The van der Waals surface area contributed by atoms with E-state index in [1.54, 1.807) is 18.3 Å². The molecule has 0 aliphatic rings. The number of phenols is 1. The largest absolute Gasteiger partial charge is 0.508 e. The van der Waals surface area contributed by atoms with Crippen LogP contribution in [0.1, 0.15) is 5.56 Å². The first kappa shape index (κ1) is 17.5. The molecule has 134 valence electrons. The lowest BCUT2D eigenvalue weighted by atomic mass is 10.1. The third-order valence-corrected chi connectivity index (χ3v) is 3.93. The van der Waals surface area contributed by atoms with Crippen molar-refractivity contribution in [3.63, 3.8) is 0 Å². The minimum absolute atomic E-state index is 0.284. The van der Waals surface area contributed by atoms with Crippen LogP contribution in [0.4, 0.5) is 23.1 Å². The standard InChI is InChI=1S/C20H23N5O/c1-25(2)17-5-3-4-16(14-17)23-20-22-13-11-19(24-20)21-12-10-15-6-8-18(26)9-7-15/h3-9,11,13-14,26H,10,12H2,1-2H3,(H2,21,22,23,24). The smallest absolute Gasteiger partial charge is 0.229 e. The molecule has 2 aromatic carbocycles. The van der Waals surface area contributed by atoms with Crippen molar-refractivity contribution >= 4 is 23.1 Å². The van der Waals surface area contributed by atoms with Gasteiger partial charge in [-0.05, 0) is 48.4 Å². The SMILES string of the molecule is CN(C)c1cccc(Nc2nccc(NCCc3ccc(O)cc3)n2)c1. The molecular weight excluding hydrogens is 326 g/mol. The first-order valence-electron chi connectivity index (χ1n) is 8.49. The van der Waals surface area contributed by atoms with Crippen LogP contribution in [0.3, 0.4) is 0 Å². The third-order valence-electron chi connectivity index (χ3n) is 3.93. The predicted molar refractivity (Wildman–Crippen MR) is 106 cm³/mol. The van der Waals surface area contributed by atoms with E-state index < -0.39 is 0 Å². The van der Waals surface area contributed by atoms with Gasteiger partial charge >= 0.3 is 0 Å². The molecule has 0 spiro atoms. The Bertz CT molecular complexity index is 849. The van der Waals surface area contributed by atoms with Gasteiger partial charge in [0.05, 0.1) is 0 Å². The van der Waals surface area contributed by atoms with Gasteiger partial charge in [0.25, 0.3) is 0 Å². The number of aromatic nitrogens is 2. The number of nitrogens with one attached hydrogen (secondary N) is 2. The predicted octanol–water partition coefficient (Wildman–Crippen LogP) is 3.65. The zero-order valence-corrected chi connectivity index (χ0v) is 15.0. The minimum Gasteiger partial charge on any atom is -0.508 e. The lowest BCUT2D eigenvalue weighted by Gasteiger charge is -2.14. The third kappa shape index (κ3) is 4.86. The Morgan fingerprint density at radius 3 is 2.62 bits per heavy atom. The molecule has 0 radical (unpaired) electrons. The number of phenolic OH excluding ortho intramolecular Hbond substituents is 1. The van der Waals surface area contributed by atoms with Crippen LogP contribution in [0.5, 0.6) is 5.75 Å². The molecule has 0 bridgehead atoms. The van der Waals surface area contributed by atoms with E-state index in [2.05, 4.69) is 20.6 Å². The van der Waals surface area contributed by atoms with Crippen molar-refractivity contribution in [1.82, 2.24) is 9.97 Å². The van der Waals surface area contributed by atoms with Gasteiger partial charge < -0.3 is 20.6 Å². The topological polar surface area (TPSA) is 73.3 Å². The molecule has 1 aromatic heterocycles. The summed E-state index contributed by atoms with van der Waals surface area (Å²) in [4.78, 5) is 10.8. The van der Waals surface area contributed by atoms with Crippen LogP contribution >= 0.6 is 0 Å². The lowest BCUT2D eigenvalue weighted by molar-refractivity contribution is 0.475. The molecule has 0 saturated carbocycles. The maximum atomic E-state index is 9.32. The van der Waals surface area contributed by atoms with Crippen molar-refractivity contribution < 1.29 is 5.11 Å². The molecule has 0 aliphatic heterocycles. The van der Waals surface area contributed by atoms with Crippen molar-refractivity contribution in [1.29, 1.82) is 0 Å². The molecule has 3 rings (SSSR count). The maximum absolute atomic E-state index is 9.32. The van der Waals surface area contributed by atoms with Crippen LogP contribution < -0.4 is 15.5 Å². The highest BCUT2D eigenvalue weighted by molar-refractivity contribution is 5.62. The molecule has 3 aromatic rings. The Morgan fingerprint density at radius 2 is 1.85 bits per heavy atom. The summed E-state index contributed by atoms with van der Waals surface area (Å²) >= 11 is 0. The zero-order valence-electron chi connectivity index (χ0n) is 15.0. The number of hydrogen-bond donors (Lipinski definition) is 3. The molecule has 0 fully saturated rings. The van der Waals surface area contributed by atoms with Gasteiger partial charge in [0.2, 0.25) is 5.95 Å². The van der Waals surface area contributed by atoms with E-state index in [-0.39, 0.29) is 5.75 Å². The molecule has 0 amide bonds. The molecular formula is C20H23N5O. The second-order valence-electron chi connectivity index (χ2n) is 6.18. The molecule has 1 heterocycles. The summed E-state index contributed by atoms with van der Waals surface area (Å²) in [6.45, 7) is 0.747. The molecule has 26 heavy (non-hydrogen) atoms. The number of hydrogen-bond acceptors (Lipinski definition) is 6. The van der Waals surface area contributed by atoms with Gasteiger partial charge in [0.1, 0.15) is 11.6 Å². The fraction of sp³-hybridized carbons (Fsp3) is 0.200. The van der Waals surface area contributed by atoms with Crippen molar-refractivity contribution in [2.75, 3.05) is 36.2 Å². The van der Waals surface area contributed by atoms with Gasteiger partial charge in [-0.15, -0.1) is 0 Å². The summed E-state index contributed by atoms with van der Waals surface area (Å²) in [5, 5.41) is 15.9. The van der Waals surface area contributed by atoms with Gasteiger partial charge in [-0.2, -0.15) is 4.98 Å². The van der Waals surface area contributed by atoms with Crippen molar-refractivity contribution in [2.24, 2.45) is 0 Å². The summed E-state index contributed by atoms with van der Waals surface area (Å²) in [6, 6.07) is 17.2. The van der Waals surface area contributed by atoms with E-state index in [1.165, 1.54) is 0 Å². The monoisotopic (exact) mass is 349 g/mol. The van der Waals surface area contributed by atoms with E-state index in [1.807, 2.05) is 61.5 Å². The lowest BCUT2D eigenvalue weighted by Crippen LogP contribution is -2.09. The second kappa shape index (κ2) is 8.20. The molecule has 6 nitrogen and oxygen atoms in total. The Labute approximate surface area is 153 Å². The number of aromatic hydroxyl groups is 1. The Kier molecular flexibility index (Phi) is 5.53. The van der Waals surface area contributed by atoms with Crippen molar-refractivity contribution in [3.8, 4) is 5.75 Å². The summed E-state index contributed by atoms with van der Waals surface area (Å²) in [6.07, 6.45) is 2.58. The van der Waals surface area contributed by atoms with Gasteiger partial charge in [-0.3, -0.25) is 0 Å². The fourth-order valence-electron chi connectivity index (χ4n) is 2.51. The van der Waals surface area contributed by atoms with E-state index in [9.17, 15) is 5.11 Å². The highest BCUT2D eigenvalue weighted by Gasteiger charge is 2.02. The quantitative estimate of drug-likeness (QED) is 0.605. The van der Waals surface area contributed by atoms with E-state index in [4.69, 9.17) is 0 Å². The van der Waals surface area contributed by atoms with E-state index in [0.717, 1.165) is 35.7 Å². The first-order valence-corrected chi connectivity index (χ1v) is 8.49. The highest BCUT2D eigenvalue weighted by Crippen LogP contribution is 2.20. The van der Waals surface area contributed by atoms with Crippen LogP contribution in [0.25, 0.3) is 0 Å². The average Bonchev–Trinajstić information content (AvgIpc) is 2.64. The van der Waals surface area contributed by atoms with Crippen LogP contribution in [-0.2, 0) is 6.42 Å². The maximum Gasteiger partial charge on any atom is 0.229 e. The van der Waals surface area contributed by atoms with E-state index >= 15 is 0 Å². The van der Waals surface area contributed by atoms with Crippen LogP contribution in [0.15, 0.2) is 60.8 Å². The fourth-order valence-corrected chi connectivity index (χ4v) is 2.51. The van der Waals surface area contributed by atoms with Gasteiger partial charge in [0.15, 0.2) is 0 Å². The molecule has 0 atom stereocenters. The first-order chi connectivity index (χ1) is 12.6. The van der Waals surface area contributed by atoms with Crippen LogP contribution in [0, 0.1) is 0 Å². The summed E-state index contributed by atoms with van der Waals surface area (Å²) < 4.78 is 0. The summed E-state index contributed by atoms with van der Waals surface area (Å²) in [5.74, 6) is 1.60. The van der Waals surface area contributed by atoms with Gasteiger partial charge in [-0.25, -0.2) is 4.98 Å². The Hall–Kier alpha value is -3.28. The molecule has 0 unspecified atom stereocenters. The molecule has 6 heteroatoms. The van der Waals surface area contributed by atoms with Crippen LogP contribution in [-0.4, -0.2) is 35.7 Å². The molecule has 3 N–H and O–H groups in total. The Balaban J connectivity index is 1.59. The summed E-state index contributed by atoms with van der Waals surface area (Å²) in [7, 11) is 4.02. The van der Waals surface area contributed by atoms with Gasteiger partial charge in [0, 0.05) is 38.2 Å². The molecule has 0 saturated heterocycles.